The van der Waals surface area contributed by atoms with E-state index in [4.69, 9.17) is 50.9 Å². The number of ether oxygens (including phenoxy) is 4. The molecule has 0 radical (unpaired) electrons. The molecule has 113 heavy (non-hydrogen) atoms. The van der Waals surface area contributed by atoms with Gasteiger partial charge in [-0.05, 0) is 235 Å². The number of unbranched alkanes of at least 4 members (excludes halogenated alkanes) is 1. The molecule has 612 valence electrons. The second-order valence-electron chi connectivity index (χ2n) is 29.1. The van der Waals surface area contributed by atoms with E-state index in [1.54, 1.807) is 114 Å². The first-order valence-electron chi connectivity index (χ1n) is 37.5. The molecule has 4 saturated heterocycles. The van der Waals surface area contributed by atoms with Gasteiger partial charge in [-0.25, -0.2) is 19.3 Å². The van der Waals surface area contributed by atoms with E-state index in [1.165, 1.54) is 80.9 Å². The van der Waals surface area contributed by atoms with Gasteiger partial charge in [-0.15, -0.1) is 0 Å². The number of nitrogen functional groups attached to an aromatic ring is 1. The van der Waals surface area contributed by atoms with Crippen molar-refractivity contribution in [2.45, 2.75) is 83.2 Å². The van der Waals surface area contributed by atoms with Crippen LogP contribution in [-0.2, 0) is 19.2 Å². The van der Waals surface area contributed by atoms with Gasteiger partial charge in [0, 0.05) is 118 Å². The first-order valence-corrected chi connectivity index (χ1v) is 46.1. The van der Waals surface area contributed by atoms with Crippen molar-refractivity contribution in [2.24, 2.45) is 0 Å². The maximum atomic E-state index is 13.4. The highest BCUT2D eigenvalue weighted by Gasteiger charge is 2.31. The number of likely N-dealkylation sites (tertiary alicyclic amines) is 2. The van der Waals surface area contributed by atoms with E-state index >= 15 is 0 Å². The first-order chi connectivity index (χ1) is 53.8. The predicted molar refractivity (Wildman–Crippen MR) is 464 cm³/mol. The molecule has 4 aliphatic rings. The van der Waals surface area contributed by atoms with Gasteiger partial charge < -0.3 is 74.5 Å². The van der Waals surface area contributed by atoms with Crippen LogP contribution < -0.4 is 61.0 Å². The average molecular weight is 1760 g/mol. The number of hydrogen-bond donors (Lipinski definition) is 6. The summed E-state index contributed by atoms with van der Waals surface area (Å²) in [6, 6.07) is 27.0. The average Bonchev–Trinajstić information content (AvgIpc) is 1.53. The van der Waals surface area contributed by atoms with Crippen molar-refractivity contribution in [3.05, 3.63) is 153 Å². The lowest BCUT2D eigenvalue weighted by atomic mass is 10.0. The third-order valence-electron chi connectivity index (χ3n) is 20.1. The van der Waals surface area contributed by atoms with Crippen molar-refractivity contribution >= 4 is 130 Å². The van der Waals surface area contributed by atoms with Crippen LogP contribution in [-0.4, -0.2) is 244 Å². The summed E-state index contributed by atoms with van der Waals surface area (Å²) in [6.45, 7) is 28.9. The molecule has 0 aliphatic carbocycles. The summed E-state index contributed by atoms with van der Waals surface area (Å²) in [5, 5.41) is 28.1. The summed E-state index contributed by atoms with van der Waals surface area (Å²) >= 11 is 12.8. The van der Waals surface area contributed by atoms with Gasteiger partial charge in [-0.2, -0.15) is 28.6 Å². The zero-order valence-electron chi connectivity index (χ0n) is 67.1. The van der Waals surface area contributed by atoms with E-state index in [1.807, 2.05) is 49.4 Å². The number of piperidine rings is 2. The van der Waals surface area contributed by atoms with Crippen LogP contribution in [0.4, 0.5) is 51.7 Å². The van der Waals surface area contributed by atoms with Crippen molar-refractivity contribution in [1.29, 1.82) is 0 Å². The molecule has 0 amide bonds. The molecule has 7 N–H and O–H groups in total. The highest BCUT2D eigenvalue weighted by atomic mass is 79.9. The molecule has 34 heteroatoms. The van der Waals surface area contributed by atoms with Gasteiger partial charge in [-0.1, -0.05) is 31.0 Å². The van der Waals surface area contributed by atoms with Crippen LogP contribution in [0.15, 0.2) is 136 Å². The Morgan fingerprint density at radius 2 is 1.01 bits per heavy atom. The van der Waals surface area contributed by atoms with E-state index in [0.29, 0.717) is 72.7 Å². The van der Waals surface area contributed by atoms with E-state index in [-0.39, 0.29) is 10.2 Å². The molecule has 4 aliphatic heterocycles. The van der Waals surface area contributed by atoms with Crippen LogP contribution in [0.25, 0.3) is 11.4 Å². The largest absolute Gasteiger partial charge is 0.495 e. The molecule has 5 aromatic carbocycles. The molecule has 9 aromatic rings. The Hall–Kier alpha value is -7.90. The monoisotopic (exact) mass is 1760 g/mol. The first kappa shape index (κ1) is 89.0. The minimum Gasteiger partial charge on any atom is -0.495 e. The Morgan fingerprint density at radius 1 is 0.566 bits per heavy atom. The SMILES string of the molecule is CCCCO.COc1cc(N2CCN(C3CCN(C)CC3)CC2)c(C)cc1N.COc1cnn(-c2ccc(Nc3nc(Cl)ncc3Br)c(P(C)(C)=O)c2)c1.COc1cnn(-c2ccc(Nc3nc(Nc4cc(C)c(N5CCN(C6CCN(C)CC6)CC5)cc4OC)ncc3Br)c(P(C)(C)=O)c2)c1.Cc1ccc(S(=O)(=O)O)cc1. The fourth-order valence-electron chi connectivity index (χ4n) is 13.6. The highest BCUT2D eigenvalue weighted by molar-refractivity contribution is 9.11. The summed E-state index contributed by atoms with van der Waals surface area (Å²) in [7, 11) is 1.68. The summed E-state index contributed by atoms with van der Waals surface area (Å²) in [4.78, 5) is 32.5. The van der Waals surface area contributed by atoms with Crippen molar-refractivity contribution in [3.63, 3.8) is 0 Å². The Bertz CT molecular complexity index is 4830. The zero-order chi connectivity index (χ0) is 81.9. The molecule has 0 saturated carbocycles. The smallest absolute Gasteiger partial charge is 0.294 e. The number of nitrogens with zero attached hydrogens (tertiary/aromatic N) is 14. The number of nitrogens with two attached hydrogens (primary N) is 1. The molecule has 28 nitrogen and oxygen atoms in total. The van der Waals surface area contributed by atoms with Gasteiger partial charge in [0.1, 0.15) is 37.4 Å². The summed E-state index contributed by atoms with van der Waals surface area (Å²) in [5.74, 6) is 4.21. The number of nitrogens with one attached hydrogen (secondary N) is 3. The molecular formula is C79H109Br2ClN18O10P2S. The minimum absolute atomic E-state index is 0.0666. The fourth-order valence-corrected chi connectivity index (χ4v) is 17.1. The van der Waals surface area contributed by atoms with Crippen LogP contribution >= 0.6 is 57.7 Å². The number of aliphatic hydroxyl groups is 1. The van der Waals surface area contributed by atoms with Crippen molar-refractivity contribution < 1.29 is 46.2 Å². The van der Waals surface area contributed by atoms with Crippen molar-refractivity contribution in [3.8, 4) is 34.4 Å². The molecule has 4 fully saturated rings. The number of methoxy groups -OCH3 is 4. The lowest BCUT2D eigenvalue weighted by Crippen LogP contribution is -2.53. The second-order valence-corrected chi connectivity index (χ2v) is 38.9. The fraction of sp³-hybridized carbons (Fsp3) is 0.443. The molecular weight excluding hydrogens is 1650 g/mol. The third-order valence-corrected chi connectivity index (χ3v) is 25.3. The highest BCUT2D eigenvalue weighted by Crippen LogP contribution is 2.43. The van der Waals surface area contributed by atoms with Crippen molar-refractivity contribution in [1.82, 2.24) is 59.1 Å². The third kappa shape index (κ3) is 25.1. The van der Waals surface area contributed by atoms with Crippen LogP contribution in [0.5, 0.6) is 23.0 Å². The molecule has 0 bridgehead atoms. The standard InChI is InChI=1S/C34H45BrN9O3P.C18H30N4O.C16H16BrClN5O2P.C7H8O3S.C4H10O/c1-23-17-29(31(47-4)19-30(23)43-15-13-42(14-16-43)24-9-11-41(2)12-10-24)39-34-36-21-27(35)33(40-34)38-28-8-7-25(18-32(28)48(5,6)45)44-22-26(46-3)20-37-44;1-14-12-16(19)18(23-3)13-17(14)22-10-8-21(9-11-22)15-4-6-20(2)7-5-15;1-25-11-7-20-23(9-11)10-4-5-13(14(6-10)26(2,3)24)21-15-12(17)8-19-16(18)22-15;1-6-2-4-7(5-3-6)11(8,9)10;1-2-3-4-5/h7-8,17-22,24H,9-16H2,1-6H3,(H2,36,38,39,40);12-13,15H,4-11,19H2,1-3H3;4-9H,1-3H3,(H,19,21,22);2-5H,1H3,(H,8,9,10);5H,2-4H2,1H3. The Kier molecular flexibility index (Phi) is 32.4. The molecule has 0 atom stereocenters. The number of halogens is 3. The van der Waals surface area contributed by atoms with Gasteiger partial charge in [-0.3, -0.25) is 14.4 Å². The number of aryl methyl sites for hydroxylation is 3. The van der Waals surface area contributed by atoms with Crippen LogP contribution in [0.2, 0.25) is 5.28 Å². The molecule has 8 heterocycles. The molecule has 0 spiro atoms. The predicted octanol–water partition coefficient (Wildman–Crippen LogP) is 13.6. The van der Waals surface area contributed by atoms with E-state index in [2.05, 4.69) is 155 Å². The summed E-state index contributed by atoms with van der Waals surface area (Å²) in [6.07, 6.45) is 17.2. The maximum absolute atomic E-state index is 13.4. The van der Waals surface area contributed by atoms with E-state index < -0.39 is 24.4 Å². The normalized spacial score (nSPS) is 15.6. The zero-order valence-corrected chi connectivity index (χ0v) is 73.6. The van der Waals surface area contributed by atoms with Gasteiger partial charge in [0.25, 0.3) is 10.1 Å². The molecule has 13 rings (SSSR count). The number of rotatable bonds is 21. The quantitative estimate of drug-likeness (QED) is 0.0168. The van der Waals surface area contributed by atoms with E-state index in [0.717, 1.165) is 117 Å². The Labute approximate surface area is 687 Å². The number of aliphatic hydroxyl groups excluding tert-OH is 1. The van der Waals surface area contributed by atoms with Gasteiger partial charge in [0.15, 0.2) is 11.5 Å². The van der Waals surface area contributed by atoms with Gasteiger partial charge >= 0.3 is 0 Å². The topological polar surface area (TPSA) is 314 Å². The maximum Gasteiger partial charge on any atom is 0.294 e. The molecule has 4 aromatic heterocycles. The summed E-state index contributed by atoms with van der Waals surface area (Å²) in [5.41, 5.74) is 16.2. The lowest BCUT2D eigenvalue weighted by Gasteiger charge is -2.43. The second kappa shape index (κ2) is 41.1. The van der Waals surface area contributed by atoms with Gasteiger partial charge in [0.2, 0.25) is 11.2 Å². The number of aromatic nitrogens is 8. The Morgan fingerprint density at radius 3 is 1.42 bits per heavy atom. The van der Waals surface area contributed by atoms with Crippen LogP contribution in [0.1, 0.15) is 62.1 Å². The van der Waals surface area contributed by atoms with Crippen LogP contribution in [0, 0.1) is 20.8 Å². The Balaban J connectivity index is 0.000000189. The number of piperazine rings is 2. The number of anilines is 9. The minimum atomic E-state index is -4.02. The van der Waals surface area contributed by atoms with Gasteiger partial charge in [0.05, 0.1) is 101 Å². The van der Waals surface area contributed by atoms with E-state index in [9.17, 15) is 17.5 Å². The summed E-state index contributed by atoms with van der Waals surface area (Å²) < 4.78 is 82.2. The van der Waals surface area contributed by atoms with Crippen LogP contribution in [0.3, 0.4) is 0 Å². The van der Waals surface area contributed by atoms with Crippen molar-refractivity contribution in [2.75, 3.05) is 186 Å². The number of benzene rings is 5. The lowest BCUT2D eigenvalue weighted by molar-refractivity contribution is 0.115. The number of hydrogen-bond acceptors (Lipinski definition) is 25. The molecule has 0 unspecified atom stereocenters.